The topological polar surface area (TPSA) is 70.8 Å². The number of nitrogens with zero attached hydrogens (tertiary/aromatic N) is 2. The molecule has 0 aliphatic carbocycles. The largest absolute Gasteiger partial charge is 0.472 e. The van der Waals surface area contributed by atoms with Crippen molar-refractivity contribution in [2.45, 2.75) is 4.90 Å². The van der Waals surface area contributed by atoms with Crippen LogP contribution in [0.15, 0.2) is 58.2 Å². The first-order valence-electron chi connectivity index (χ1n) is 7.88. The van der Waals surface area contributed by atoms with E-state index in [1.807, 2.05) is 0 Å². The second kappa shape index (κ2) is 7.19. The smallest absolute Gasteiger partial charge is 0.257 e. The van der Waals surface area contributed by atoms with Crippen molar-refractivity contribution in [3.05, 3.63) is 54.5 Å². The Labute approximate surface area is 141 Å². The Kier molecular flexibility index (Phi) is 5.01. The molecule has 24 heavy (non-hydrogen) atoms. The van der Waals surface area contributed by atoms with Gasteiger partial charge in [0.05, 0.1) is 22.5 Å². The maximum absolute atomic E-state index is 12.3. The van der Waals surface area contributed by atoms with Crippen molar-refractivity contribution in [2.24, 2.45) is 0 Å². The van der Waals surface area contributed by atoms with E-state index in [-0.39, 0.29) is 11.7 Å². The summed E-state index contributed by atoms with van der Waals surface area (Å²) in [6.45, 7) is 3.01. The van der Waals surface area contributed by atoms with Crippen LogP contribution in [-0.2, 0) is 9.84 Å². The zero-order chi connectivity index (χ0) is 17.0. The van der Waals surface area contributed by atoms with E-state index in [0.717, 1.165) is 0 Å². The summed E-state index contributed by atoms with van der Waals surface area (Å²) < 4.78 is 29.5. The van der Waals surface area contributed by atoms with Crippen molar-refractivity contribution in [3.8, 4) is 0 Å². The minimum atomic E-state index is -3.26. The Balaban J connectivity index is 1.50. The average molecular weight is 348 g/mol. The van der Waals surface area contributed by atoms with Crippen LogP contribution in [0.3, 0.4) is 0 Å². The molecule has 1 saturated heterocycles. The first kappa shape index (κ1) is 16.7. The lowest BCUT2D eigenvalue weighted by molar-refractivity contribution is 0.0643. The first-order chi connectivity index (χ1) is 11.6. The maximum Gasteiger partial charge on any atom is 0.257 e. The van der Waals surface area contributed by atoms with Crippen molar-refractivity contribution in [1.82, 2.24) is 9.80 Å². The van der Waals surface area contributed by atoms with Crippen LogP contribution >= 0.6 is 0 Å². The Morgan fingerprint density at radius 3 is 2.38 bits per heavy atom. The zero-order valence-corrected chi connectivity index (χ0v) is 14.1. The maximum atomic E-state index is 12.3. The van der Waals surface area contributed by atoms with Gasteiger partial charge < -0.3 is 9.32 Å². The van der Waals surface area contributed by atoms with Crippen LogP contribution in [0.5, 0.6) is 0 Å². The molecule has 0 bridgehead atoms. The van der Waals surface area contributed by atoms with Gasteiger partial charge in [-0.3, -0.25) is 9.69 Å². The molecule has 0 unspecified atom stereocenters. The molecule has 7 heteroatoms. The molecule has 1 amide bonds. The van der Waals surface area contributed by atoms with Gasteiger partial charge in [-0.15, -0.1) is 0 Å². The average Bonchev–Trinajstić information content (AvgIpc) is 3.15. The van der Waals surface area contributed by atoms with Crippen LogP contribution in [0.4, 0.5) is 0 Å². The number of carbonyl (C=O) groups is 1. The Morgan fingerprint density at radius 1 is 1.04 bits per heavy atom. The molecule has 1 aliphatic heterocycles. The van der Waals surface area contributed by atoms with Gasteiger partial charge in [0.1, 0.15) is 6.26 Å². The molecule has 0 atom stereocenters. The van der Waals surface area contributed by atoms with Crippen molar-refractivity contribution < 1.29 is 17.6 Å². The number of furan rings is 1. The molecule has 1 aliphatic rings. The van der Waals surface area contributed by atoms with Crippen molar-refractivity contribution in [2.75, 3.05) is 38.5 Å². The Hall–Kier alpha value is -2.12. The number of hydrogen-bond donors (Lipinski definition) is 0. The second-order valence-corrected chi connectivity index (χ2v) is 7.89. The van der Waals surface area contributed by atoms with Gasteiger partial charge in [0, 0.05) is 32.7 Å². The van der Waals surface area contributed by atoms with Gasteiger partial charge in [0.2, 0.25) is 0 Å². The summed E-state index contributed by atoms with van der Waals surface area (Å²) in [7, 11) is -3.26. The highest BCUT2D eigenvalue weighted by Gasteiger charge is 2.24. The molecular formula is C17H20N2O4S. The van der Waals surface area contributed by atoms with E-state index < -0.39 is 9.84 Å². The lowest BCUT2D eigenvalue weighted by Gasteiger charge is -2.34. The van der Waals surface area contributed by atoms with E-state index in [1.54, 1.807) is 41.3 Å². The number of hydrogen-bond acceptors (Lipinski definition) is 5. The van der Waals surface area contributed by atoms with Gasteiger partial charge in [-0.25, -0.2) is 8.42 Å². The normalized spacial score (nSPS) is 16.2. The van der Waals surface area contributed by atoms with Crippen LogP contribution in [0.1, 0.15) is 10.4 Å². The highest BCUT2D eigenvalue weighted by Crippen LogP contribution is 2.12. The van der Waals surface area contributed by atoms with E-state index in [0.29, 0.717) is 43.2 Å². The van der Waals surface area contributed by atoms with Crippen LogP contribution in [0, 0.1) is 0 Å². The Morgan fingerprint density at radius 2 is 1.75 bits per heavy atom. The van der Waals surface area contributed by atoms with Crippen LogP contribution < -0.4 is 0 Å². The molecule has 2 heterocycles. The van der Waals surface area contributed by atoms with E-state index in [2.05, 4.69) is 4.90 Å². The van der Waals surface area contributed by atoms with Crippen molar-refractivity contribution in [3.63, 3.8) is 0 Å². The first-order valence-corrected chi connectivity index (χ1v) is 9.53. The molecule has 128 valence electrons. The summed E-state index contributed by atoms with van der Waals surface area (Å²) in [6.07, 6.45) is 2.93. The monoisotopic (exact) mass is 348 g/mol. The summed E-state index contributed by atoms with van der Waals surface area (Å²) in [5.74, 6) is 0.0486. The zero-order valence-electron chi connectivity index (χ0n) is 13.3. The lowest BCUT2D eigenvalue weighted by atomic mass is 10.2. The number of amides is 1. The summed E-state index contributed by atoms with van der Waals surface area (Å²) in [6, 6.07) is 10.2. The number of rotatable bonds is 5. The summed E-state index contributed by atoms with van der Waals surface area (Å²) in [4.78, 5) is 16.4. The molecule has 1 fully saturated rings. The third-order valence-electron chi connectivity index (χ3n) is 4.21. The van der Waals surface area contributed by atoms with Crippen molar-refractivity contribution in [1.29, 1.82) is 0 Å². The number of piperazine rings is 1. The van der Waals surface area contributed by atoms with Crippen LogP contribution in [0.2, 0.25) is 0 Å². The lowest BCUT2D eigenvalue weighted by Crippen LogP contribution is -2.49. The van der Waals surface area contributed by atoms with Gasteiger partial charge in [0.15, 0.2) is 9.84 Å². The van der Waals surface area contributed by atoms with Crippen molar-refractivity contribution >= 4 is 15.7 Å². The molecule has 0 saturated carbocycles. The fraction of sp³-hybridized carbons (Fsp3) is 0.353. The molecule has 1 aromatic carbocycles. The SMILES string of the molecule is O=C(c1ccoc1)N1CCN(CCS(=O)(=O)c2ccccc2)CC1. The molecule has 1 aromatic heterocycles. The molecule has 0 spiro atoms. The Bertz CT molecular complexity index is 764. The third kappa shape index (κ3) is 3.85. The fourth-order valence-electron chi connectivity index (χ4n) is 2.74. The highest BCUT2D eigenvalue weighted by atomic mass is 32.2. The van der Waals surface area contributed by atoms with E-state index in [4.69, 9.17) is 4.42 Å². The predicted octanol–water partition coefficient (Wildman–Crippen LogP) is 1.51. The van der Waals surface area contributed by atoms with Crippen LogP contribution in [-0.4, -0.2) is 62.6 Å². The quantitative estimate of drug-likeness (QED) is 0.819. The van der Waals surface area contributed by atoms with E-state index >= 15 is 0 Å². The van der Waals surface area contributed by atoms with Gasteiger partial charge in [0.25, 0.3) is 5.91 Å². The summed E-state index contributed by atoms with van der Waals surface area (Å²) >= 11 is 0. The minimum absolute atomic E-state index is 0.0414. The number of sulfone groups is 1. The van der Waals surface area contributed by atoms with Gasteiger partial charge in [-0.05, 0) is 18.2 Å². The third-order valence-corrected chi connectivity index (χ3v) is 5.92. The predicted molar refractivity (Wildman–Crippen MR) is 89.5 cm³/mol. The van der Waals surface area contributed by atoms with E-state index in [9.17, 15) is 13.2 Å². The second-order valence-electron chi connectivity index (χ2n) is 5.78. The highest BCUT2D eigenvalue weighted by molar-refractivity contribution is 7.91. The molecule has 0 radical (unpaired) electrons. The number of benzene rings is 1. The van der Waals surface area contributed by atoms with Gasteiger partial charge in [-0.1, -0.05) is 18.2 Å². The van der Waals surface area contributed by atoms with E-state index in [1.165, 1.54) is 12.5 Å². The molecule has 6 nitrogen and oxygen atoms in total. The molecular weight excluding hydrogens is 328 g/mol. The van der Waals surface area contributed by atoms with Gasteiger partial charge in [-0.2, -0.15) is 0 Å². The summed E-state index contributed by atoms with van der Waals surface area (Å²) in [5.41, 5.74) is 0.551. The number of carbonyl (C=O) groups excluding carboxylic acids is 1. The molecule has 0 N–H and O–H groups in total. The molecule has 2 aromatic rings. The minimum Gasteiger partial charge on any atom is -0.472 e. The molecule has 3 rings (SSSR count). The van der Waals surface area contributed by atoms with Crippen LogP contribution in [0.25, 0.3) is 0 Å². The standard InChI is InChI=1S/C17H20N2O4S/c20-17(15-6-12-23-14-15)19-9-7-18(8-10-19)11-13-24(21,22)16-4-2-1-3-5-16/h1-6,12,14H,7-11,13H2. The summed E-state index contributed by atoms with van der Waals surface area (Å²) in [5, 5.41) is 0. The fourth-order valence-corrected chi connectivity index (χ4v) is 4.04. The van der Waals surface area contributed by atoms with Gasteiger partial charge >= 0.3 is 0 Å².